The Kier molecular flexibility index (Phi) is 7.02. The fraction of sp³-hybridized carbons (Fsp3) is 0.565. The first-order valence-corrected chi connectivity index (χ1v) is 10.9. The molecule has 1 aromatic heterocycles. The van der Waals surface area contributed by atoms with E-state index in [1.54, 1.807) is 14.2 Å². The molecule has 3 heterocycles. The highest BCUT2D eigenvalue weighted by molar-refractivity contribution is 5.40. The third-order valence-electron chi connectivity index (χ3n) is 5.84. The Bertz CT molecular complexity index is 820. The number of nitrogens with zero attached hydrogens (tertiary/aromatic N) is 4. The highest BCUT2D eigenvalue weighted by Crippen LogP contribution is 2.27. The average Bonchev–Trinajstić information content (AvgIpc) is 3.48. The van der Waals surface area contributed by atoms with Gasteiger partial charge >= 0.3 is 0 Å². The fourth-order valence-corrected chi connectivity index (χ4v) is 4.28. The predicted octanol–water partition coefficient (Wildman–Crippen LogP) is 3.28. The van der Waals surface area contributed by atoms with E-state index in [2.05, 4.69) is 20.9 Å². The number of benzene rings is 1. The van der Waals surface area contributed by atoms with E-state index in [0.29, 0.717) is 0 Å². The van der Waals surface area contributed by atoms with Gasteiger partial charge in [0.1, 0.15) is 11.5 Å². The molecule has 2 fully saturated rings. The van der Waals surface area contributed by atoms with Crippen LogP contribution >= 0.6 is 0 Å². The SMILES string of the molecule is COc1ccc(OC)c(CN(Cc2ccnc(N3CCCC3)n2)C[C@@H]2CCCO2)c1. The van der Waals surface area contributed by atoms with Crippen molar-refractivity contribution in [3.63, 3.8) is 0 Å². The van der Waals surface area contributed by atoms with Gasteiger partial charge in [0.25, 0.3) is 0 Å². The van der Waals surface area contributed by atoms with Gasteiger partial charge < -0.3 is 19.1 Å². The summed E-state index contributed by atoms with van der Waals surface area (Å²) in [4.78, 5) is 14.0. The van der Waals surface area contributed by atoms with Crippen LogP contribution in [0.4, 0.5) is 5.95 Å². The molecular weight excluding hydrogens is 380 g/mol. The van der Waals surface area contributed by atoms with Crippen molar-refractivity contribution in [1.82, 2.24) is 14.9 Å². The first kappa shape index (κ1) is 20.9. The van der Waals surface area contributed by atoms with Gasteiger partial charge in [-0.1, -0.05) is 0 Å². The number of aromatic nitrogens is 2. The lowest BCUT2D eigenvalue weighted by atomic mass is 10.1. The molecule has 30 heavy (non-hydrogen) atoms. The van der Waals surface area contributed by atoms with Gasteiger partial charge in [-0.25, -0.2) is 9.97 Å². The molecule has 7 heteroatoms. The molecule has 0 aliphatic carbocycles. The molecule has 2 aliphatic rings. The molecule has 0 spiro atoms. The minimum absolute atomic E-state index is 0.265. The summed E-state index contributed by atoms with van der Waals surface area (Å²) in [6.07, 6.45) is 6.82. The highest BCUT2D eigenvalue weighted by Gasteiger charge is 2.22. The summed E-state index contributed by atoms with van der Waals surface area (Å²) in [6.45, 7) is 5.29. The molecule has 162 valence electrons. The number of anilines is 1. The van der Waals surface area contributed by atoms with Crippen molar-refractivity contribution in [2.45, 2.75) is 44.9 Å². The minimum Gasteiger partial charge on any atom is -0.497 e. The van der Waals surface area contributed by atoms with E-state index in [9.17, 15) is 0 Å². The maximum Gasteiger partial charge on any atom is 0.225 e. The van der Waals surface area contributed by atoms with E-state index in [1.807, 2.05) is 24.4 Å². The van der Waals surface area contributed by atoms with E-state index in [0.717, 1.165) is 80.9 Å². The Hall–Kier alpha value is -2.38. The predicted molar refractivity (Wildman–Crippen MR) is 116 cm³/mol. The molecular formula is C23H32N4O3. The summed E-state index contributed by atoms with van der Waals surface area (Å²) in [6, 6.07) is 7.97. The summed E-state index contributed by atoms with van der Waals surface area (Å²) >= 11 is 0. The second-order valence-corrected chi connectivity index (χ2v) is 8.02. The fourth-order valence-electron chi connectivity index (χ4n) is 4.28. The summed E-state index contributed by atoms with van der Waals surface area (Å²) in [5, 5.41) is 0. The average molecular weight is 413 g/mol. The Morgan fingerprint density at radius 3 is 2.70 bits per heavy atom. The monoisotopic (exact) mass is 412 g/mol. The topological polar surface area (TPSA) is 60.0 Å². The van der Waals surface area contributed by atoms with Crippen LogP contribution in [0.5, 0.6) is 11.5 Å². The van der Waals surface area contributed by atoms with Crippen LogP contribution in [0, 0.1) is 0 Å². The molecule has 0 bridgehead atoms. The van der Waals surface area contributed by atoms with Crippen LogP contribution in [0.3, 0.4) is 0 Å². The molecule has 0 N–H and O–H groups in total. The van der Waals surface area contributed by atoms with Gasteiger partial charge in [-0.2, -0.15) is 0 Å². The van der Waals surface area contributed by atoms with Crippen molar-refractivity contribution in [1.29, 1.82) is 0 Å². The van der Waals surface area contributed by atoms with Crippen LogP contribution in [0.15, 0.2) is 30.5 Å². The number of rotatable bonds is 9. The lowest BCUT2D eigenvalue weighted by Crippen LogP contribution is -2.32. The van der Waals surface area contributed by atoms with E-state index >= 15 is 0 Å². The summed E-state index contributed by atoms with van der Waals surface area (Å²) in [7, 11) is 3.40. The van der Waals surface area contributed by atoms with Gasteiger partial charge in [-0.3, -0.25) is 4.90 Å². The van der Waals surface area contributed by atoms with Gasteiger partial charge in [0.15, 0.2) is 0 Å². The largest absolute Gasteiger partial charge is 0.497 e. The van der Waals surface area contributed by atoms with Gasteiger partial charge in [0, 0.05) is 51.1 Å². The number of ether oxygens (including phenoxy) is 3. The zero-order valence-corrected chi connectivity index (χ0v) is 18.0. The third-order valence-corrected chi connectivity index (χ3v) is 5.84. The minimum atomic E-state index is 0.265. The first-order chi connectivity index (χ1) is 14.7. The van der Waals surface area contributed by atoms with E-state index in [4.69, 9.17) is 19.2 Å². The smallest absolute Gasteiger partial charge is 0.225 e. The molecule has 1 aromatic carbocycles. The molecule has 2 aliphatic heterocycles. The van der Waals surface area contributed by atoms with Crippen molar-refractivity contribution < 1.29 is 14.2 Å². The Morgan fingerprint density at radius 2 is 1.97 bits per heavy atom. The second kappa shape index (κ2) is 10.1. The van der Waals surface area contributed by atoms with Crippen LogP contribution in [0.2, 0.25) is 0 Å². The Morgan fingerprint density at radius 1 is 1.10 bits per heavy atom. The molecule has 0 amide bonds. The third kappa shape index (κ3) is 5.21. The molecule has 0 saturated carbocycles. The molecule has 2 saturated heterocycles. The first-order valence-electron chi connectivity index (χ1n) is 10.9. The van der Waals surface area contributed by atoms with Crippen LogP contribution in [0.25, 0.3) is 0 Å². The van der Waals surface area contributed by atoms with Crippen molar-refractivity contribution in [3.8, 4) is 11.5 Å². The van der Waals surface area contributed by atoms with Crippen molar-refractivity contribution in [2.75, 3.05) is 45.4 Å². The van der Waals surface area contributed by atoms with Crippen LogP contribution < -0.4 is 14.4 Å². The molecule has 0 radical (unpaired) electrons. The van der Waals surface area contributed by atoms with E-state index in [1.165, 1.54) is 12.8 Å². The Balaban J connectivity index is 1.53. The molecule has 4 rings (SSSR count). The zero-order valence-electron chi connectivity index (χ0n) is 18.0. The van der Waals surface area contributed by atoms with Crippen molar-refractivity contribution in [2.24, 2.45) is 0 Å². The number of hydrogen-bond donors (Lipinski definition) is 0. The molecule has 7 nitrogen and oxygen atoms in total. The normalized spacial score (nSPS) is 18.9. The van der Waals surface area contributed by atoms with Crippen molar-refractivity contribution >= 4 is 5.95 Å². The second-order valence-electron chi connectivity index (χ2n) is 8.02. The summed E-state index contributed by atoms with van der Waals surface area (Å²) in [5.41, 5.74) is 2.13. The van der Waals surface area contributed by atoms with Gasteiger partial charge in [-0.05, 0) is 49.9 Å². The number of hydrogen-bond acceptors (Lipinski definition) is 7. The molecule has 2 aromatic rings. The Labute approximate surface area is 179 Å². The summed E-state index contributed by atoms with van der Waals surface area (Å²) < 4.78 is 17.0. The maximum atomic E-state index is 5.93. The maximum absolute atomic E-state index is 5.93. The van der Waals surface area contributed by atoms with Gasteiger partial charge in [-0.15, -0.1) is 0 Å². The van der Waals surface area contributed by atoms with Crippen LogP contribution in [-0.2, 0) is 17.8 Å². The van der Waals surface area contributed by atoms with Crippen molar-refractivity contribution in [3.05, 3.63) is 41.7 Å². The zero-order chi connectivity index (χ0) is 20.8. The quantitative estimate of drug-likeness (QED) is 0.626. The van der Waals surface area contributed by atoms with E-state index < -0.39 is 0 Å². The van der Waals surface area contributed by atoms with Crippen LogP contribution in [0.1, 0.15) is 36.9 Å². The lowest BCUT2D eigenvalue weighted by molar-refractivity contribution is 0.0672. The van der Waals surface area contributed by atoms with Crippen LogP contribution in [-0.4, -0.2) is 61.4 Å². The highest BCUT2D eigenvalue weighted by atomic mass is 16.5. The number of methoxy groups -OCH3 is 2. The van der Waals surface area contributed by atoms with Gasteiger partial charge in [0.2, 0.25) is 5.95 Å². The van der Waals surface area contributed by atoms with Gasteiger partial charge in [0.05, 0.1) is 26.0 Å². The molecule has 0 unspecified atom stereocenters. The molecule has 1 atom stereocenters. The van der Waals surface area contributed by atoms with E-state index in [-0.39, 0.29) is 6.10 Å². The standard InChI is InChI=1S/C23H32N4O3/c1-28-20-7-8-22(29-2)18(14-20)15-26(17-21-6-5-13-30-21)16-19-9-10-24-23(25-19)27-11-3-4-12-27/h7-10,14,21H,3-6,11-13,15-17H2,1-2H3/t21-/m0/s1. The summed E-state index contributed by atoms with van der Waals surface area (Å²) in [5.74, 6) is 2.55. The lowest BCUT2D eigenvalue weighted by Gasteiger charge is -2.26.